The van der Waals surface area contributed by atoms with E-state index in [1.165, 1.54) is 19.3 Å². The van der Waals surface area contributed by atoms with Crippen LogP contribution in [-0.2, 0) is 22.6 Å². The van der Waals surface area contributed by atoms with Crippen molar-refractivity contribution in [2.24, 2.45) is 0 Å². The van der Waals surface area contributed by atoms with Crippen molar-refractivity contribution in [2.75, 3.05) is 19.8 Å². The van der Waals surface area contributed by atoms with E-state index in [9.17, 15) is 0 Å². The summed E-state index contributed by atoms with van der Waals surface area (Å²) in [6.45, 7) is 5.83. The van der Waals surface area contributed by atoms with E-state index in [2.05, 4.69) is 22.6 Å². The van der Waals surface area contributed by atoms with Gasteiger partial charge in [0.15, 0.2) is 0 Å². The fourth-order valence-electron chi connectivity index (χ4n) is 1.66. The fraction of sp³-hybridized carbons (Fsp3) is 0.786. The summed E-state index contributed by atoms with van der Waals surface area (Å²) < 4.78 is 11.0. The molecule has 1 saturated carbocycles. The molecule has 0 atom stereocenters. The maximum Gasteiger partial charge on any atom is 0.107 e. The lowest BCUT2D eigenvalue weighted by molar-refractivity contribution is 0.0387. The van der Waals surface area contributed by atoms with Crippen molar-refractivity contribution in [3.63, 3.8) is 0 Å². The molecule has 0 unspecified atom stereocenters. The number of aromatic nitrogens is 1. The fourth-order valence-corrected chi connectivity index (χ4v) is 2.39. The zero-order valence-corrected chi connectivity index (χ0v) is 12.5. The molecule has 4 nitrogen and oxygen atoms in total. The van der Waals surface area contributed by atoms with Crippen LogP contribution in [0.15, 0.2) is 5.38 Å². The lowest BCUT2D eigenvalue weighted by Crippen LogP contribution is -2.15. The van der Waals surface area contributed by atoms with Crippen LogP contribution in [0.2, 0.25) is 0 Å². The number of unbranched alkanes of at least 4 members (excludes halogenated alkanes) is 1. The Morgan fingerprint density at radius 3 is 2.95 bits per heavy atom. The summed E-state index contributed by atoms with van der Waals surface area (Å²) in [6.07, 6.45) is 4.94. The molecule has 1 heterocycles. The molecule has 1 aromatic rings. The second-order valence-corrected chi connectivity index (χ2v) is 5.85. The lowest BCUT2D eigenvalue weighted by Gasteiger charge is -2.03. The Morgan fingerprint density at radius 2 is 2.16 bits per heavy atom. The summed E-state index contributed by atoms with van der Waals surface area (Å²) in [7, 11) is 0. The third kappa shape index (κ3) is 6.47. The predicted molar refractivity (Wildman–Crippen MR) is 77.4 cm³/mol. The van der Waals surface area contributed by atoms with Crippen LogP contribution in [0.4, 0.5) is 0 Å². The minimum atomic E-state index is 0.594. The Kier molecular flexibility index (Phi) is 6.78. The molecule has 0 spiro atoms. The van der Waals surface area contributed by atoms with Crippen LogP contribution in [0.1, 0.15) is 43.3 Å². The van der Waals surface area contributed by atoms with Crippen LogP contribution >= 0.6 is 11.3 Å². The number of rotatable bonds is 11. The number of nitrogens with one attached hydrogen (secondary N) is 1. The zero-order chi connectivity index (χ0) is 13.3. The smallest absolute Gasteiger partial charge is 0.107 e. The molecule has 2 rings (SSSR count). The second kappa shape index (κ2) is 8.64. The van der Waals surface area contributed by atoms with Crippen molar-refractivity contribution < 1.29 is 9.47 Å². The van der Waals surface area contributed by atoms with E-state index in [-0.39, 0.29) is 0 Å². The molecule has 1 aliphatic carbocycles. The molecular formula is C14H24N2O2S. The summed E-state index contributed by atoms with van der Waals surface area (Å²) in [5.74, 6) is 0. The maximum atomic E-state index is 5.55. The molecule has 1 aliphatic rings. The van der Waals surface area contributed by atoms with Crippen LogP contribution in [-0.4, -0.2) is 30.8 Å². The Labute approximate surface area is 119 Å². The van der Waals surface area contributed by atoms with Crippen molar-refractivity contribution in [2.45, 2.75) is 51.8 Å². The first-order valence-corrected chi connectivity index (χ1v) is 8.08. The first kappa shape index (κ1) is 14.9. The van der Waals surface area contributed by atoms with Crippen molar-refractivity contribution in [3.8, 4) is 0 Å². The normalized spacial score (nSPS) is 15.0. The molecule has 0 bridgehead atoms. The summed E-state index contributed by atoms with van der Waals surface area (Å²) in [4.78, 5) is 4.55. The third-order valence-electron chi connectivity index (χ3n) is 2.98. The first-order chi connectivity index (χ1) is 9.38. The van der Waals surface area contributed by atoms with Gasteiger partial charge in [-0.15, -0.1) is 11.3 Å². The molecular weight excluding hydrogens is 260 g/mol. The Morgan fingerprint density at radius 1 is 1.32 bits per heavy atom. The van der Waals surface area contributed by atoms with Gasteiger partial charge in [0.2, 0.25) is 0 Å². The largest absolute Gasteiger partial charge is 0.379 e. The highest BCUT2D eigenvalue weighted by Crippen LogP contribution is 2.20. The standard InChI is InChI=1S/C14H24N2O2S/c1-2-3-6-17-7-8-18-10-13-11-19-14(16-13)9-15-12-4-5-12/h11-12,15H,2-10H2,1H3. The number of nitrogens with zero attached hydrogens (tertiary/aromatic N) is 1. The van der Waals surface area contributed by atoms with E-state index in [0.717, 1.165) is 36.3 Å². The van der Waals surface area contributed by atoms with E-state index < -0.39 is 0 Å². The number of ether oxygens (including phenoxy) is 2. The SMILES string of the molecule is CCCCOCCOCc1csc(CNC2CC2)n1. The van der Waals surface area contributed by atoms with Gasteiger partial charge in [0.25, 0.3) is 0 Å². The minimum absolute atomic E-state index is 0.594. The molecule has 0 aliphatic heterocycles. The number of hydrogen-bond acceptors (Lipinski definition) is 5. The molecule has 0 aromatic carbocycles. The Hall–Kier alpha value is -0.490. The van der Waals surface area contributed by atoms with Gasteiger partial charge in [-0.3, -0.25) is 0 Å². The van der Waals surface area contributed by atoms with Crippen molar-refractivity contribution in [1.29, 1.82) is 0 Å². The summed E-state index contributed by atoms with van der Waals surface area (Å²) in [5, 5.41) is 6.71. The average Bonchev–Trinajstić information content (AvgIpc) is 3.15. The van der Waals surface area contributed by atoms with Crippen LogP contribution in [0.25, 0.3) is 0 Å². The highest BCUT2D eigenvalue weighted by Gasteiger charge is 2.20. The van der Waals surface area contributed by atoms with Crippen LogP contribution in [0.5, 0.6) is 0 Å². The first-order valence-electron chi connectivity index (χ1n) is 7.20. The van der Waals surface area contributed by atoms with Crippen LogP contribution in [0, 0.1) is 0 Å². The maximum absolute atomic E-state index is 5.55. The van der Waals surface area contributed by atoms with E-state index >= 15 is 0 Å². The molecule has 1 N–H and O–H groups in total. The van der Waals surface area contributed by atoms with Crippen molar-refractivity contribution in [3.05, 3.63) is 16.1 Å². The van der Waals surface area contributed by atoms with Gasteiger partial charge in [0, 0.05) is 24.6 Å². The summed E-state index contributed by atoms with van der Waals surface area (Å²) >= 11 is 1.71. The Bertz CT molecular complexity index is 353. The third-order valence-corrected chi connectivity index (χ3v) is 3.88. The van der Waals surface area contributed by atoms with Gasteiger partial charge in [-0.1, -0.05) is 13.3 Å². The molecule has 1 aromatic heterocycles. The van der Waals surface area contributed by atoms with Gasteiger partial charge in [-0.2, -0.15) is 0 Å². The lowest BCUT2D eigenvalue weighted by atomic mass is 10.4. The molecule has 0 radical (unpaired) electrons. The highest BCUT2D eigenvalue weighted by atomic mass is 32.1. The predicted octanol–water partition coefficient (Wildman–Crippen LogP) is 2.73. The topological polar surface area (TPSA) is 43.4 Å². The van der Waals surface area contributed by atoms with Gasteiger partial charge in [-0.25, -0.2) is 4.98 Å². The number of thiazole rings is 1. The monoisotopic (exact) mass is 284 g/mol. The van der Waals surface area contributed by atoms with Crippen molar-refractivity contribution >= 4 is 11.3 Å². The van der Waals surface area contributed by atoms with Gasteiger partial charge in [0.1, 0.15) is 5.01 Å². The van der Waals surface area contributed by atoms with Crippen LogP contribution < -0.4 is 5.32 Å². The quantitative estimate of drug-likeness (QED) is 0.635. The second-order valence-electron chi connectivity index (χ2n) is 4.91. The molecule has 1 fully saturated rings. The highest BCUT2D eigenvalue weighted by molar-refractivity contribution is 7.09. The molecule has 5 heteroatoms. The molecule has 0 saturated heterocycles. The number of hydrogen-bond donors (Lipinski definition) is 1. The van der Waals surface area contributed by atoms with E-state index in [1.54, 1.807) is 11.3 Å². The zero-order valence-electron chi connectivity index (χ0n) is 11.7. The van der Waals surface area contributed by atoms with Gasteiger partial charge < -0.3 is 14.8 Å². The average molecular weight is 284 g/mol. The molecule has 0 amide bonds. The Balaban J connectivity index is 1.50. The van der Waals surface area contributed by atoms with Crippen LogP contribution in [0.3, 0.4) is 0 Å². The van der Waals surface area contributed by atoms with Gasteiger partial charge in [0.05, 0.1) is 25.5 Å². The van der Waals surface area contributed by atoms with Gasteiger partial charge in [-0.05, 0) is 19.3 Å². The van der Waals surface area contributed by atoms with E-state index in [0.29, 0.717) is 19.8 Å². The summed E-state index contributed by atoms with van der Waals surface area (Å²) in [5.41, 5.74) is 1.03. The molecule has 108 valence electrons. The van der Waals surface area contributed by atoms with Crippen molar-refractivity contribution in [1.82, 2.24) is 10.3 Å². The van der Waals surface area contributed by atoms with E-state index in [4.69, 9.17) is 9.47 Å². The van der Waals surface area contributed by atoms with Gasteiger partial charge >= 0.3 is 0 Å². The minimum Gasteiger partial charge on any atom is -0.379 e. The summed E-state index contributed by atoms with van der Waals surface area (Å²) in [6, 6.07) is 0.740. The molecule has 19 heavy (non-hydrogen) atoms. The van der Waals surface area contributed by atoms with E-state index in [1.807, 2.05) is 0 Å².